The van der Waals surface area contributed by atoms with Crippen LogP contribution < -0.4 is 32.9 Å². The molecule has 12 nitrogen and oxygen atoms in total. The highest BCUT2D eigenvalue weighted by atomic mass is 16.2. The number of ketones is 1. The van der Waals surface area contributed by atoms with Crippen LogP contribution in [-0.4, -0.2) is 45.9 Å². The van der Waals surface area contributed by atoms with Gasteiger partial charge in [0.05, 0.1) is 41.4 Å². The largest absolute Gasteiger partial charge is 0.341 e. The van der Waals surface area contributed by atoms with E-state index in [1.165, 1.54) is 34.8 Å². The molecular weight excluding hydrogens is 438 g/mol. The van der Waals surface area contributed by atoms with E-state index in [1.54, 1.807) is 24.3 Å². The SMILES string of the molecule is CNC(=O)N1CC(=O)c2c(N(N)c3ccccc3)c(-c3ccnc(N(N)C(C)=O)c3)n(N)c2C1. The zero-order chi connectivity index (χ0) is 24.6. The summed E-state index contributed by atoms with van der Waals surface area (Å²) in [5.41, 5.74) is 2.67. The lowest BCUT2D eigenvalue weighted by atomic mass is 10.0. The van der Waals surface area contributed by atoms with Crippen LogP contribution in [0.4, 0.5) is 22.0 Å². The molecule has 12 heteroatoms. The number of urea groups is 1. The number of hydrogen-bond acceptors (Lipinski definition) is 8. The van der Waals surface area contributed by atoms with Crippen LogP contribution in [0.3, 0.4) is 0 Å². The second-order valence-corrected chi connectivity index (χ2v) is 7.72. The monoisotopic (exact) mass is 463 g/mol. The number of amides is 3. The van der Waals surface area contributed by atoms with Crippen LogP contribution in [0, 0.1) is 0 Å². The predicted octanol–water partition coefficient (Wildman–Crippen LogP) is 0.840. The molecule has 0 saturated heterocycles. The molecule has 1 aliphatic rings. The van der Waals surface area contributed by atoms with Gasteiger partial charge in [-0.1, -0.05) is 18.2 Å². The number of benzene rings is 1. The molecule has 3 heterocycles. The maximum absolute atomic E-state index is 13.3. The van der Waals surface area contributed by atoms with Crippen molar-refractivity contribution in [2.24, 2.45) is 11.7 Å². The molecule has 0 saturated carbocycles. The van der Waals surface area contributed by atoms with Gasteiger partial charge in [0.15, 0.2) is 5.78 Å². The van der Waals surface area contributed by atoms with Gasteiger partial charge in [-0.05, 0) is 24.3 Å². The highest BCUT2D eigenvalue weighted by molar-refractivity contribution is 6.10. The number of rotatable bonds is 4. The Kier molecular flexibility index (Phi) is 5.92. The van der Waals surface area contributed by atoms with Gasteiger partial charge in [-0.25, -0.2) is 26.5 Å². The first-order valence-electron chi connectivity index (χ1n) is 10.4. The van der Waals surface area contributed by atoms with Crippen LogP contribution >= 0.6 is 0 Å². The van der Waals surface area contributed by atoms with Gasteiger partial charge in [-0.2, -0.15) is 0 Å². The minimum atomic E-state index is -0.409. The quantitative estimate of drug-likeness (QED) is 0.251. The normalized spacial score (nSPS) is 12.8. The Hall–Kier alpha value is -4.42. The summed E-state index contributed by atoms with van der Waals surface area (Å²) in [6.07, 6.45) is 1.48. The Morgan fingerprint density at radius 3 is 2.47 bits per heavy atom. The summed E-state index contributed by atoms with van der Waals surface area (Å²) in [6, 6.07) is 11.9. The van der Waals surface area contributed by atoms with Gasteiger partial charge in [0, 0.05) is 25.7 Å². The summed E-state index contributed by atoms with van der Waals surface area (Å²) in [6.45, 7) is 1.28. The van der Waals surface area contributed by atoms with E-state index in [2.05, 4.69) is 10.3 Å². The molecule has 0 unspecified atom stereocenters. The molecule has 0 spiro atoms. The lowest BCUT2D eigenvalue weighted by Gasteiger charge is -2.27. The van der Waals surface area contributed by atoms with E-state index in [4.69, 9.17) is 17.5 Å². The van der Waals surface area contributed by atoms with Gasteiger partial charge in [-0.3, -0.25) is 19.3 Å². The summed E-state index contributed by atoms with van der Waals surface area (Å²) < 4.78 is 1.34. The molecule has 3 aromatic rings. The van der Waals surface area contributed by atoms with Crippen LogP contribution in [0.2, 0.25) is 0 Å². The third-order valence-corrected chi connectivity index (χ3v) is 5.62. The molecule has 3 amide bonds. The van der Waals surface area contributed by atoms with Crippen molar-refractivity contribution in [2.45, 2.75) is 13.5 Å². The van der Waals surface area contributed by atoms with E-state index in [0.717, 1.165) is 5.01 Å². The van der Waals surface area contributed by atoms with Crippen LogP contribution in [0.25, 0.3) is 11.3 Å². The lowest BCUT2D eigenvalue weighted by Crippen LogP contribution is -2.44. The van der Waals surface area contributed by atoms with Gasteiger partial charge in [0.1, 0.15) is 5.82 Å². The number of fused-ring (bicyclic) bond motifs is 1. The summed E-state index contributed by atoms with van der Waals surface area (Å²) >= 11 is 0. The number of nitrogens with one attached hydrogen (secondary N) is 1. The van der Waals surface area contributed by atoms with Gasteiger partial charge >= 0.3 is 6.03 Å². The van der Waals surface area contributed by atoms with Crippen molar-refractivity contribution in [3.05, 3.63) is 59.9 Å². The standard InChI is InChI=1S/C22H25N9O3/c1-13(32)29(23)18-10-14(8-9-27-18)20-21(30(24)15-6-4-3-5-7-15)19-16(31(20)25)11-28(12-17(19)33)22(34)26-2/h3-10H,11-12,23-25H2,1-2H3,(H,26,34). The Morgan fingerprint density at radius 1 is 1.12 bits per heavy atom. The minimum absolute atomic E-state index is 0.0985. The predicted molar refractivity (Wildman–Crippen MR) is 127 cm³/mol. The number of hydrazine groups is 2. The lowest BCUT2D eigenvalue weighted by molar-refractivity contribution is -0.116. The fraction of sp³-hybridized carbons (Fsp3) is 0.182. The summed E-state index contributed by atoms with van der Waals surface area (Å²) in [5, 5.41) is 4.82. The highest BCUT2D eigenvalue weighted by Gasteiger charge is 2.36. The molecule has 176 valence electrons. The Labute approximate surface area is 195 Å². The molecule has 1 aliphatic heterocycles. The topological polar surface area (TPSA) is 169 Å². The third-order valence-electron chi connectivity index (χ3n) is 5.62. The number of carbonyl (C=O) groups is 3. The summed E-state index contributed by atoms with van der Waals surface area (Å²) in [4.78, 5) is 42.8. The number of Topliss-reactive ketones (excluding diaryl/α,β-unsaturated/α-hetero) is 1. The van der Waals surface area contributed by atoms with Crippen molar-refractivity contribution >= 4 is 34.9 Å². The fourth-order valence-corrected chi connectivity index (χ4v) is 3.95. The van der Waals surface area contributed by atoms with E-state index in [0.29, 0.717) is 33.9 Å². The molecule has 2 aromatic heterocycles. The number of anilines is 3. The second kappa shape index (κ2) is 8.84. The first kappa shape index (κ1) is 22.8. The van der Waals surface area contributed by atoms with Gasteiger partial charge in [0.25, 0.3) is 0 Å². The molecule has 0 aliphatic carbocycles. The average molecular weight is 464 g/mol. The van der Waals surface area contributed by atoms with Gasteiger partial charge in [-0.15, -0.1) is 0 Å². The summed E-state index contributed by atoms with van der Waals surface area (Å²) in [7, 11) is 1.49. The molecule has 4 rings (SSSR count). The van der Waals surface area contributed by atoms with Gasteiger partial charge < -0.3 is 16.1 Å². The van der Waals surface area contributed by atoms with Crippen molar-refractivity contribution < 1.29 is 14.4 Å². The number of nitrogen functional groups attached to an aromatic ring is 1. The third kappa shape index (κ3) is 3.80. The van der Waals surface area contributed by atoms with Crippen molar-refractivity contribution in [1.29, 1.82) is 0 Å². The molecule has 34 heavy (non-hydrogen) atoms. The molecular formula is C22H25N9O3. The molecule has 0 radical (unpaired) electrons. The number of nitrogens with two attached hydrogens (primary N) is 3. The fourth-order valence-electron chi connectivity index (χ4n) is 3.95. The number of hydrogen-bond donors (Lipinski definition) is 4. The molecule has 1 aromatic carbocycles. The van der Waals surface area contributed by atoms with Crippen molar-refractivity contribution in [3.8, 4) is 11.3 Å². The van der Waals surface area contributed by atoms with Gasteiger partial charge in [0.2, 0.25) is 5.91 Å². The maximum Gasteiger partial charge on any atom is 0.317 e. The minimum Gasteiger partial charge on any atom is -0.341 e. The maximum atomic E-state index is 13.3. The van der Waals surface area contributed by atoms with Crippen molar-refractivity contribution in [1.82, 2.24) is 19.9 Å². The number of carbonyl (C=O) groups excluding carboxylic acids is 3. The van der Waals surface area contributed by atoms with E-state index < -0.39 is 11.9 Å². The van der Waals surface area contributed by atoms with Crippen LogP contribution in [0.5, 0.6) is 0 Å². The molecule has 0 bridgehead atoms. The number of nitrogens with zero attached hydrogens (tertiary/aromatic N) is 5. The smallest absolute Gasteiger partial charge is 0.317 e. The van der Waals surface area contributed by atoms with Crippen molar-refractivity contribution in [3.63, 3.8) is 0 Å². The first-order valence-corrected chi connectivity index (χ1v) is 10.4. The Bertz CT molecular complexity index is 1270. The number of aromatic nitrogens is 2. The molecule has 7 N–H and O–H groups in total. The summed E-state index contributed by atoms with van der Waals surface area (Å²) in [5.74, 6) is 18.4. The Morgan fingerprint density at radius 2 is 1.82 bits per heavy atom. The van der Waals surface area contributed by atoms with E-state index in [1.807, 2.05) is 18.2 Å². The number of pyridine rings is 1. The van der Waals surface area contributed by atoms with E-state index in [-0.39, 0.29) is 24.7 Å². The second-order valence-electron chi connectivity index (χ2n) is 7.72. The Balaban J connectivity index is 1.95. The first-order chi connectivity index (χ1) is 16.2. The zero-order valence-corrected chi connectivity index (χ0v) is 18.7. The van der Waals surface area contributed by atoms with E-state index >= 15 is 0 Å². The zero-order valence-electron chi connectivity index (χ0n) is 18.7. The van der Waals surface area contributed by atoms with Crippen molar-refractivity contribution in [2.75, 3.05) is 29.5 Å². The average Bonchev–Trinajstić information content (AvgIpc) is 3.15. The van der Waals surface area contributed by atoms with E-state index in [9.17, 15) is 14.4 Å². The number of para-hydroxylation sites is 1. The highest BCUT2D eigenvalue weighted by Crippen LogP contribution is 2.42. The molecule has 0 fully saturated rings. The van der Waals surface area contributed by atoms with Crippen LogP contribution in [0.15, 0.2) is 48.7 Å². The van der Waals surface area contributed by atoms with Crippen LogP contribution in [0.1, 0.15) is 23.0 Å². The van der Waals surface area contributed by atoms with Crippen LogP contribution in [-0.2, 0) is 11.3 Å². The molecule has 0 atom stereocenters.